The fourth-order valence-corrected chi connectivity index (χ4v) is 2.39. The molecule has 0 saturated heterocycles. The Morgan fingerprint density at radius 3 is 2.56 bits per heavy atom. The van der Waals surface area contributed by atoms with Gasteiger partial charge in [-0.1, -0.05) is 6.42 Å². The molecule has 1 aliphatic carbocycles. The van der Waals surface area contributed by atoms with Gasteiger partial charge >= 0.3 is 0 Å². The number of carbonyl (C=O) groups is 3. The van der Waals surface area contributed by atoms with Gasteiger partial charge in [0, 0.05) is 31.3 Å². The van der Waals surface area contributed by atoms with Crippen LogP contribution in [0.1, 0.15) is 19.3 Å². The highest BCUT2D eigenvalue weighted by molar-refractivity contribution is 6.12. The van der Waals surface area contributed by atoms with Gasteiger partial charge in [-0.15, -0.1) is 0 Å². The fraction of sp³-hybridized carbons (Fsp3) is 0.583. The summed E-state index contributed by atoms with van der Waals surface area (Å²) in [7, 11) is 0. The Morgan fingerprint density at radius 1 is 1.33 bits per heavy atom. The van der Waals surface area contributed by atoms with E-state index in [0.717, 1.165) is 24.2 Å². The molecule has 0 bridgehead atoms. The second kappa shape index (κ2) is 5.30. The third-order valence-corrected chi connectivity index (χ3v) is 3.44. The molecule has 1 aliphatic heterocycles. The number of imide groups is 1. The summed E-state index contributed by atoms with van der Waals surface area (Å²) < 4.78 is 0. The first-order chi connectivity index (χ1) is 8.59. The second-order valence-electron chi connectivity index (χ2n) is 4.65. The van der Waals surface area contributed by atoms with E-state index in [-0.39, 0.29) is 42.8 Å². The number of amides is 3. The normalized spacial score (nSPS) is 27.1. The lowest BCUT2D eigenvalue weighted by molar-refractivity contribution is -0.137. The van der Waals surface area contributed by atoms with Crippen LogP contribution in [0.3, 0.4) is 0 Å². The number of hydrogen-bond acceptors (Lipinski definition) is 4. The molecule has 0 radical (unpaired) electrons. The van der Waals surface area contributed by atoms with Crippen molar-refractivity contribution in [2.45, 2.75) is 25.3 Å². The molecule has 98 valence electrons. The van der Waals surface area contributed by atoms with Crippen molar-refractivity contribution < 1.29 is 14.4 Å². The molecule has 18 heavy (non-hydrogen) atoms. The van der Waals surface area contributed by atoms with Crippen molar-refractivity contribution in [1.29, 1.82) is 0 Å². The molecule has 6 heteroatoms. The Labute approximate surface area is 105 Å². The van der Waals surface area contributed by atoms with Gasteiger partial charge < -0.3 is 11.1 Å². The van der Waals surface area contributed by atoms with Crippen LogP contribution in [0.5, 0.6) is 0 Å². The summed E-state index contributed by atoms with van der Waals surface area (Å²) in [5.41, 5.74) is 5.83. The van der Waals surface area contributed by atoms with Crippen molar-refractivity contribution in [2.24, 2.45) is 11.7 Å². The van der Waals surface area contributed by atoms with Gasteiger partial charge in [0.05, 0.1) is 5.92 Å². The van der Waals surface area contributed by atoms with E-state index in [1.165, 1.54) is 12.2 Å². The van der Waals surface area contributed by atoms with Crippen molar-refractivity contribution in [3.8, 4) is 0 Å². The summed E-state index contributed by atoms with van der Waals surface area (Å²) in [6.45, 7) is 0.486. The van der Waals surface area contributed by atoms with Crippen LogP contribution in [0, 0.1) is 5.92 Å². The third kappa shape index (κ3) is 2.59. The van der Waals surface area contributed by atoms with Gasteiger partial charge in [-0.05, 0) is 12.8 Å². The summed E-state index contributed by atoms with van der Waals surface area (Å²) in [6.07, 6.45) is 5.14. The molecule has 0 aromatic heterocycles. The van der Waals surface area contributed by atoms with Gasteiger partial charge in [0.2, 0.25) is 5.91 Å². The van der Waals surface area contributed by atoms with Gasteiger partial charge in [-0.2, -0.15) is 0 Å². The lowest BCUT2D eigenvalue weighted by Gasteiger charge is -2.17. The molecule has 2 rings (SSSR count). The predicted molar refractivity (Wildman–Crippen MR) is 64.2 cm³/mol. The molecule has 1 fully saturated rings. The standard InChI is InChI=1S/C12H17N3O3/c13-9-3-1-2-8(9)12(18)14-6-7-15-10(16)4-5-11(15)17/h4-5,8-9H,1-3,6-7,13H2,(H,14,18)/t8-,9+/m1/s1. The van der Waals surface area contributed by atoms with Crippen LogP contribution in [-0.2, 0) is 14.4 Å². The van der Waals surface area contributed by atoms with E-state index in [0.29, 0.717) is 0 Å². The molecule has 3 amide bonds. The third-order valence-electron chi connectivity index (χ3n) is 3.44. The minimum absolute atomic E-state index is 0.0679. The number of hydrogen-bond donors (Lipinski definition) is 2. The topological polar surface area (TPSA) is 92.5 Å². The molecule has 6 nitrogen and oxygen atoms in total. The minimum atomic E-state index is -0.327. The van der Waals surface area contributed by atoms with Gasteiger partial charge in [-0.3, -0.25) is 19.3 Å². The van der Waals surface area contributed by atoms with E-state index in [4.69, 9.17) is 5.73 Å². The first-order valence-electron chi connectivity index (χ1n) is 6.16. The summed E-state index contributed by atoms with van der Waals surface area (Å²) in [5, 5.41) is 2.73. The first-order valence-corrected chi connectivity index (χ1v) is 6.16. The van der Waals surface area contributed by atoms with Crippen molar-refractivity contribution in [3.63, 3.8) is 0 Å². The van der Waals surface area contributed by atoms with Gasteiger partial charge in [0.15, 0.2) is 0 Å². The highest BCUT2D eigenvalue weighted by atomic mass is 16.2. The quantitative estimate of drug-likeness (QED) is 0.637. The van der Waals surface area contributed by atoms with Crippen molar-refractivity contribution >= 4 is 17.7 Å². The van der Waals surface area contributed by atoms with Crippen molar-refractivity contribution in [1.82, 2.24) is 10.2 Å². The van der Waals surface area contributed by atoms with E-state index in [9.17, 15) is 14.4 Å². The molecular formula is C12H17N3O3. The maximum Gasteiger partial charge on any atom is 0.253 e. The molecule has 0 aromatic rings. The Hall–Kier alpha value is -1.69. The van der Waals surface area contributed by atoms with E-state index in [1.807, 2.05) is 0 Å². The van der Waals surface area contributed by atoms with Crippen molar-refractivity contribution in [2.75, 3.05) is 13.1 Å². The van der Waals surface area contributed by atoms with Crippen LogP contribution in [0.25, 0.3) is 0 Å². The van der Waals surface area contributed by atoms with E-state index < -0.39 is 0 Å². The number of carbonyl (C=O) groups excluding carboxylic acids is 3. The van der Waals surface area contributed by atoms with Crippen LogP contribution in [0.2, 0.25) is 0 Å². The van der Waals surface area contributed by atoms with Crippen LogP contribution in [0.4, 0.5) is 0 Å². The second-order valence-corrected chi connectivity index (χ2v) is 4.65. The summed E-state index contributed by atoms with van der Waals surface area (Å²) >= 11 is 0. The summed E-state index contributed by atoms with van der Waals surface area (Å²) in [4.78, 5) is 35.4. The van der Waals surface area contributed by atoms with Gasteiger partial charge in [-0.25, -0.2) is 0 Å². The molecule has 2 aliphatic rings. The Bertz CT molecular complexity index is 387. The van der Waals surface area contributed by atoms with Crippen LogP contribution in [-0.4, -0.2) is 41.8 Å². The number of nitrogens with one attached hydrogen (secondary N) is 1. The zero-order valence-corrected chi connectivity index (χ0v) is 10.1. The maximum absolute atomic E-state index is 11.8. The van der Waals surface area contributed by atoms with Gasteiger partial charge in [0.25, 0.3) is 11.8 Å². The number of rotatable bonds is 4. The van der Waals surface area contributed by atoms with E-state index >= 15 is 0 Å². The molecule has 0 aromatic carbocycles. The molecule has 1 saturated carbocycles. The lowest BCUT2D eigenvalue weighted by Crippen LogP contribution is -2.43. The zero-order valence-electron chi connectivity index (χ0n) is 10.1. The summed E-state index contributed by atoms with van der Waals surface area (Å²) in [5.74, 6) is -0.862. The average Bonchev–Trinajstić information content (AvgIpc) is 2.89. The Morgan fingerprint density at radius 2 is 2.00 bits per heavy atom. The zero-order chi connectivity index (χ0) is 13.1. The number of nitrogens with zero attached hydrogens (tertiary/aromatic N) is 1. The molecular weight excluding hydrogens is 234 g/mol. The number of nitrogens with two attached hydrogens (primary N) is 1. The lowest BCUT2D eigenvalue weighted by atomic mass is 10.0. The van der Waals surface area contributed by atoms with Crippen LogP contribution in [0.15, 0.2) is 12.2 Å². The van der Waals surface area contributed by atoms with Crippen LogP contribution < -0.4 is 11.1 Å². The van der Waals surface area contributed by atoms with Crippen LogP contribution >= 0.6 is 0 Å². The SMILES string of the molecule is N[C@H]1CCC[C@H]1C(=O)NCCN1C(=O)C=CC1=O. The fourth-order valence-electron chi connectivity index (χ4n) is 2.39. The molecule has 0 spiro atoms. The van der Waals surface area contributed by atoms with Crippen molar-refractivity contribution in [3.05, 3.63) is 12.2 Å². The molecule has 1 heterocycles. The molecule has 0 unspecified atom stereocenters. The smallest absolute Gasteiger partial charge is 0.253 e. The molecule has 3 N–H and O–H groups in total. The Kier molecular flexibility index (Phi) is 3.76. The molecule has 2 atom stereocenters. The first kappa shape index (κ1) is 12.8. The average molecular weight is 251 g/mol. The van der Waals surface area contributed by atoms with Gasteiger partial charge in [0.1, 0.15) is 0 Å². The minimum Gasteiger partial charge on any atom is -0.354 e. The maximum atomic E-state index is 11.8. The highest BCUT2D eigenvalue weighted by Crippen LogP contribution is 2.23. The predicted octanol–water partition coefficient (Wildman–Crippen LogP) is -0.845. The largest absolute Gasteiger partial charge is 0.354 e. The highest BCUT2D eigenvalue weighted by Gasteiger charge is 2.30. The Balaban J connectivity index is 1.74. The monoisotopic (exact) mass is 251 g/mol. The van der Waals surface area contributed by atoms with E-state index in [1.54, 1.807) is 0 Å². The summed E-state index contributed by atoms with van der Waals surface area (Å²) in [6, 6.07) is -0.0679. The van der Waals surface area contributed by atoms with E-state index in [2.05, 4.69) is 5.32 Å².